The molecule has 0 aliphatic carbocycles. The third-order valence-electron chi connectivity index (χ3n) is 1.08. The lowest BCUT2D eigenvalue weighted by molar-refractivity contribution is 0.917. The van der Waals surface area contributed by atoms with Crippen molar-refractivity contribution in [2.45, 2.75) is 0 Å². The third kappa shape index (κ3) is 4.00. The molecule has 11 heavy (non-hydrogen) atoms. The van der Waals surface area contributed by atoms with Crippen LogP contribution in [0.1, 0.15) is 0 Å². The second-order valence-corrected chi connectivity index (χ2v) is 1.84. The fraction of sp³-hybridized carbons (Fsp3) is 0. The Morgan fingerprint density at radius 3 is 2.18 bits per heavy atom. The highest BCUT2D eigenvalue weighted by atomic mass is 15.2. The number of hydrazine groups is 1. The molecule has 0 saturated carbocycles. The second-order valence-electron chi connectivity index (χ2n) is 1.84. The first kappa shape index (κ1) is 9.52. The SMILES string of the molecule is C=C/C(N)=C\C=C(/C=C)NN. The Labute approximate surface area is 66.7 Å². The van der Waals surface area contributed by atoms with Gasteiger partial charge in [0.1, 0.15) is 0 Å². The Hall–Kier alpha value is -1.48. The van der Waals surface area contributed by atoms with Crippen molar-refractivity contribution in [3.05, 3.63) is 48.9 Å². The summed E-state index contributed by atoms with van der Waals surface area (Å²) >= 11 is 0. The van der Waals surface area contributed by atoms with Gasteiger partial charge in [-0.25, -0.2) is 0 Å². The van der Waals surface area contributed by atoms with E-state index in [0.717, 1.165) is 0 Å². The predicted octanol–water partition coefficient (Wildman–Crippen LogP) is 0.548. The van der Waals surface area contributed by atoms with Gasteiger partial charge in [0.2, 0.25) is 0 Å². The van der Waals surface area contributed by atoms with Gasteiger partial charge in [0.15, 0.2) is 0 Å². The van der Waals surface area contributed by atoms with Gasteiger partial charge in [-0.05, 0) is 24.3 Å². The van der Waals surface area contributed by atoms with Crippen molar-refractivity contribution in [2.24, 2.45) is 11.6 Å². The summed E-state index contributed by atoms with van der Waals surface area (Å²) in [6, 6.07) is 0. The molecule has 0 amide bonds. The molecule has 0 radical (unpaired) electrons. The van der Waals surface area contributed by atoms with Crippen LogP contribution >= 0.6 is 0 Å². The molecular weight excluding hydrogens is 138 g/mol. The van der Waals surface area contributed by atoms with E-state index in [0.29, 0.717) is 11.4 Å². The molecule has 0 aliphatic heterocycles. The van der Waals surface area contributed by atoms with Gasteiger partial charge in [0.25, 0.3) is 0 Å². The van der Waals surface area contributed by atoms with Gasteiger partial charge in [-0.15, -0.1) is 0 Å². The van der Waals surface area contributed by atoms with Crippen molar-refractivity contribution in [2.75, 3.05) is 0 Å². The van der Waals surface area contributed by atoms with Crippen molar-refractivity contribution in [3.8, 4) is 0 Å². The van der Waals surface area contributed by atoms with E-state index in [2.05, 4.69) is 18.6 Å². The van der Waals surface area contributed by atoms with E-state index < -0.39 is 0 Å². The molecule has 3 heteroatoms. The lowest BCUT2D eigenvalue weighted by Crippen LogP contribution is -2.19. The molecular formula is C8H13N3. The summed E-state index contributed by atoms with van der Waals surface area (Å²) in [6.07, 6.45) is 6.54. The zero-order valence-electron chi connectivity index (χ0n) is 6.38. The number of rotatable bonds is 4. The van der Waals surface area contributed by atoms with Gasteiger partial charge in [0, 0.05) is 11.4 Å². The maximum absolute atomic E-state index is 5.43. The van der Waals surface area contributed by atoms with Crippen molar-refractivity contribution < 1.29 is 0 Å². The molecule has 0 atom stereocenters. The second kappa shape index (κ2) is 5.32. The van der Waals surface area contributed by atoms with Crippen LogP contribution in [0.4, 0.5) is 0 Å². The molecule has 0 bridgehead atoms. The largest absolute Gasteiger partial charge is 0.399 e. The van der Waals surface area contributed by atoms with Crippen LogP contribution in [-0.2, 0) is 0 Å². The van der Waals surface area contributed by atoms with Gasteiger partial charge < -0.3 is 11.2 Å². The van der Waals surface area contributed by atoms with Crippen LogP contribution in [0.2, 0.25) is 0 Å². The summed E-state index contributed by atoms with van der Waals surface area (Å²) in [7, 11) is 0. The van der Waals surface area contributed by atoms with Crippen molar-refractivity contribution in [3.63, 3.8) is 0 Å². The third-order valence-corrected chi connectivity index (χ3v) is 1.08. The Morgan fingerprint density at radius 1 is 1.18 bits per heavy atom. The topological polar surface area (TPSA) is 64.1 Å². The molecule has 0 unspecified atom stereocenters. The molecule has 0 aromatic rings. The van der Waals surface area contributed by atoms with Crippen LogP contribution in [0.3, 0.4) is 0 Å². The van der Waals surface area contributed by atoms with Crippen molar-refractivity contribution >= 4 is 0 Å². The quantitative estimate of drug-likeness (QED) is 0.312. The minimum Gasteiger partial charge on any atom is -0.399 e. The van der Waals surface area contributed by atoms with Crippen LogP contribution in [0.25, 0.3) is 0 Å². The minimum atomic E-state index is 0.583. The van der Waals surface area contributed by atoms with Crippen molar-refractivity contribution in [1.29, 1.82) is 0 Å². The van der Waals surface area contributed by atoms with E-state index in [4.69, 9.17) is 11.6 Å². The normalized spacial score (nSPS) is 12.5. The van der Waals surface area contributed by atoms with Gasteiger partial charge >= 0.3 is 0 Å². The van der Waals surface area contributed by atoms with E-state index in [1.54, 1.807) is 24.3 Å². The molecule has 0 rings (SSSR count). The smallest absolute Gasteiger partial charge is 0.0479 e. The molecule has 0 aromatic carbocycles. The van der Waals surface area contributed by atoms with Crippen LogP contribution in [0, 0.1) is 0 Å². The van der Waals surface area contributed by atoms with Crippen LogP contribution in [-0.4, -0.2) is 0 Å². The molecule has 0 spiro atoms. The number of nitrogens with one attached hydrogen (secondary N) is 1. The van der Waals surface area contributed by atoms with E-state index >= 15 is 0 Å². The monoisotopic (exact) mass is 151 g/mol. The molecule has 0 saturated heterocycles. The molecule has 0 aliphatic rings. The lowest BCUT2D eigenvalue weighted by Gasteiger charge is -1.96. The van der Waals surface area contributed by atoms with E-state index in [1.807, 2.05) is 0 Å². The molecule has 5 N–H and O–H groups in total. The maximum atomic E-state index is 5.43. The Kier molecular flexibility index (Phi) is 4.60. The highest BCUT2D eigenvalue weighted by Gasteiger charge is 1.81. The number of hydrogen-bond donors (Lipinski definition) is 3. The summed E-state index contributed by atoms with van der Waals surface area (Å²) in [5, 5.41) is 0. The summed E-state index contributed by atoms with van der Waals surface area (Å²) in [5.41, 5.74) is 9.15. The first-order valence-corrected chi connectivity index (χ1v) is 3.13. The Balaban J connectivity index is 4.28. The molecule has 60 valence electrons. The summed E-state index contributed by atoms with van der Waals surface area (Å²) < 4.78 is 0. The molecule has 3 nitrogen and oxygen atoms in total. The number of hydrogen-bond acceptors (Lipinski definition) is 3. The standard InChI is InChI=1S/C8H13N3/c1-3-7(9)5-6-8(4-2)11-10/h3-6,11H,1-2,9-10H2/b7-5+,8-6+. The van der Waals surface area contributed by atoms with Gasteiger partial charge in [-0.2, -0.15) is 0 Å². The zero-order chi connectivity index (χ0) is 8.69. The van der Waals surface area contributed by atoms with Crippen LogP contribution < -0.4 is 17.0 Å². The van der Waals surface area contributed by atoms with E-state index in [-0.39, 0.29) is 0 Å². The van der Waals surface area contributed by atoms with E-state index in [1.165, 1.54) is 0 Å². The van der Waals surface area contributed by atoms with Gasteiger partial charge in [0.05, 0.1) is 0 Å². The molecule has 0 fully saturated rings. The summed E-state index contributed by atoms with van der Waals surface area (Å²) in [4.78, 5) is 0. The highest BCUT2D eigenvalue weighted by molar-refractivity contribution is 5.25. The number of allylic oxidation sites excluding steroid dienone is 4. The van der Waals surface area contributed by atoms with Crippen molar-refractivity contribution in [1.82, 2.24) is 5.43 Å². The fourth-order valence-electron chi connectivity index (χ4n) is 0.429. The van der Waals surface area contributed by atoms with Crippen LogP contribution in [0.15, 0.2) is 48.9 Å². The summed E-state index contributed by atoms with van der Waals surface area (Å²) in [5.74, 6) is 5.13. The average molecular weight is 151 g/mol. The lowest BCUT2D eigenvalue weighted by atomic mass is 10.3. The van der Waals surface area contributed by atoms with E-state index in [9.17, 15) is 0 Å². The average Bonchev–Trinajstić information content (AvgIpc) is 2.06. The molecule has 0 heterocycles. The van der Waals surface area contributed by atoms with Crippen LogP contribution in [0.5, 0.6) is 0 Å². The maximum Gasteiger partial charge on any atom is 0.0479 e. The summed E-state index contributed by atoms with van der Waals surface area (Å²) in [6.45, 7) is 7.02. The fourth-order valence-corrected chi connectivity index (χ4v) is 0.429. The predicted molar refractivity (Wildman–Crippen MR) is 48.1 cm³/mol. The first-order valence-electron chi connectivity index (χ1n) is 3.13. The molecule has 0 aromatic heterocycles. The Bertz CT molecular complexity index is 201. The Morgan fingerprint density at radius 2 is 1.82 bits per heavy atom. The zero-order valence-corrected chi connectivity index (χ0v) is 6.38. The first-order chi connectivity index (χ1) is 5.24. The van der Waals surface area contributed by atoms with Gasteiger partial charge in [-0.3, -0.25) is 5.84 Å². The minimum absolute atomic E-state index is 0.583. The van der Waals surface area contributed by atoms with Gasteiger partial charge in [-0.1, -0.05) is 13.2 Å². The number of nitrogens with two attached hydrogens (primary N) is 2. The highest BCUT2D eigenvalue weighted by Crippen LogP contribution is 1.91.